The van der Waals surface area contributed by atoms with Crippen LogP contribution >= 0.6 is 0 Å². The van der Waals surface area contributed by atoms with Crippen molar-refractivity contribution in [2.75, 3.05) is 32.8 Å². The van der Waals surface area contributed by atoms with E-state index in [1.165, 1.54) is 25.9 Å². The molecule has 0 aliphatic carbocycles. The minimum atomic E-state index is -0.490. The minimum Gasteiger partial charge on any atom is -0.493 e. The highest BCUT2D eigenvalue weighted by Gasteiger charge is 2.21. The molecule has 0 radical (unpaired) electrons. The molecule has 1 aromatic heterocycles. The average molecular weight is 372 g/mol. The number of rotatable bonds is 8. The maximum Gasteiger partial charge on any atom is 0.361 e. The summed E-state index contributed by atoms with van der Waals surface area (Å²) < 4.78 is 11.1. The molecule has 1 atom stereocenters. The van der Waals surface area contributed by atoms with Crippen molar-refractivity contribution in [3.05, 3.63) is 30.0 Å². The molecule has 0 spiro atoms. The van der Waals surface area contributed by atoms with E-state index < -0.39 is 5.97 Å². The van der Waals surface area contributed by atoms with Crippen LogP contribution in [0, 0.1) is 5.92 Å². The van der Waals surface area contributed by atoms with Crippen LogP contribution in [0.1, 0.15) is 43.6 Å². The maximum atomic E-state index is 12.1. The number of likely N-dealkylation sites (tertiary alicyclic amines) is 1. The fourth-order valence-corrected chi connectivity index (χ4v) is 3.51. The number of benzene rings is 1. The molecule has 2 aromatic rings. The number of aromatic amines is 1. The Morgan fingerprint density at radius 2 is 2.19 bits per heavy atom. The van der Waals surface area contributed by atoms with Gasteiger partial charge in [0.1, 0.15) is 11.4 Å². The summed E-state index contributed by atoms with van der Waals surface area (Å²) in [5.74, 6) is 0.994. The summed E-state index contributed by atoms with van der Waals surface area (Å²) >= 11 is 0. The van der Waals surface area contributed by atoms with Gasteiger partial charge in [-0.25, -0.2) is 4.79 Å². The van der Waals surface area contributed by atoms with E-state index in [-0.39, 0.29) is 5.69 Å². The summed E-state index contributed by atoms with van der Waals surface area (Å²) in [6, 6.07) is 7.57. The number of aromatic nitrogens is 3. The molecule has 0 amide bonds. The van der Waals surface area contributed by atoms with Gasteiger partial charge in [-0.05, 0) is 50.8 Å². The summed E-state index contributed by atoms with van der Waals surface area (Å²) in [6.45, 7) is 8.40. The number of hydrogen-bond donors (Lipinski definition) is 1. The van der Waals surface area contributed by atoms with Crippen molar-refractivity contribution in [2.24, 2.45) is 5.92 Å². The summed E-state index contributed by atoms with van der Waals surface area (Å²) in [7, 11) is 0. The van der Waals surface area contributed by atoms with Crippen molar-refractivity contribution in [3.63, 3.8) is 0 Å². The van der Waals surface area contributed by atoms with Crippen molar-refractivity contribution >= 4 is 5.97 Å². The molecule has 2 heterocycles. The summed E-state index contributed by atoms with van der Waals surface area (Å²) in [4.78, 5) is 14.6. The molecule has 1 aromatic carbocycles. The molecule has 1 aliphatic heterocycles. The maximum absolute atomic E-state index is 12.1. The molecule has 146 valence electrons. The quantitative estimate of drug-likeness (QED) is 0.566. The Kier molecular flexibility index (Phi) is 6.81. The number of nitrogens with zero attached hydrogens (tertiary/aromatic N) is 3. The molecular formula is C20H28N4O3. The minimum absolute atomic E-state index is 0.176. The van der Waals surface area contributed by atoms with Crippen molar-refractivity contribution in [1.82, 2.24) is 20.3 Å². The number of ether oxygens (including phenoxy) is 2. The number of hydrogen-bond acceptors (Lipinski definition) is 6. The number of esters is 1. The number of carbonyl (C=O) groups excluding carboxylic acids is 1. The van der Waals surface area contributed by atoms with Crippen LogP contribution in [0.2, 0.25) is 0 Å². The SMILES string of the molecule is CCOC(=O)c1n[nH]nc1-c1ccccc1OCCCN1CCCC(C)C1. The van der Waals surface area contributed by atoms with E-state index in [9.17, 15) is 4.79 Å². The van der Waals surface area contributed by atoms with Crippen LogP contribution in [0.5, 0.6) is 5.75 Å². The molecule has 3 rings (SSSR count). The van der Waals surface area contributed by atoms with Crippen LogP contribution in [0.25, 0.3) is 11.3 Å². The molecule has 0 saturated carbocycles. The molecule has 1 unspecified atom stereocenters. The lowest BCUT2D eigenvalue weighted by Crippen LogP contribution is -2.35. The predicted octanol–water partition coefficient (Wildman–Crippen LogP) is 3.15. The first-order chi connectivity index (χ1) is 13.2. The standard InChI is InChI=1S/C20H28N4O3/c1-3-26-20(25)19-18(21-23-22-19)16-9-4-5-10-17(16)27-13-7-12-24-11-6-8-15(2)14-24/h4-5,9-10,15H,3,6-8,11-14H2,1-2H3,(H,21,22,23). The van der Waals surface area contributed by atoms with Crippen molar-refractivity contribution < 1.29 is 14.3 Å². The molecular weight excluding hydrogens is 344 g/mol. The van der Waals surface area contributed by atoms with Gasteiger partial charge in [-0.3, -0.25) is 0 Å². The second-order valence-corrected chi connectivity index (χ2v) is 6.99. The number of H-pyrrole nitrogens is 1. The highest BCUT2D eigenvalue weighted by molar-refractivity contribution is 5.94. The van der Waals surface area contributed by atoms with Crippen LogP contribution in [-0.4, -0.2) is 59.1 Å². The first-order valence-corrected chi connectivity index (χ1v) is 9.71. The molecule has 1 fully saturated rings. The van der Waals surface area contributed by atoms with E-state index in [0.717, 1.165) is 24.4 Å². The van der Waals surface area contributed by atoms with Gasteiger partial charge in [-0.15, -0.1) is 5.10 Å². The van der Waals surface area contributed by atoms with Gasteiger partial charge in [0, 0.05) is 18.7 Å². The average Bonchev–Trinajstić information content (AvgIpc) is 3.16. The Morgan fingerprint density at radius 1 is 1.33 bits per heavy atom. The first-order valence-electron chi connectivity index (χ1n) is 9.71. The fraction of sp³-hybridized carbons (Fsp3) is 0.550. The van der Waals surface area contributed by atoms with Crippen LogP contribution in [0.4, 0.5) is 0 Å². The first kappa shape index (κ1) is 19.4. The Balaban J connectivity index is 1.61. The third-order valence-electron chi connectivity index (χ3n) is 4.78. The van der Waals surface area contributed by atoms with Crippen molar-refractivity contribution in [2.45, 2.75) is 33.1 Å². The number of nitrogens with one attached hydrogen (secondary N) is 1. The Morgan fingerprint density at radius 3 is 3.00 bits per heavy atom. The zero-order valence-corrected chi connectivity index (χ0v) is 16.1. The Bertz CT molecular complexity index is 746. The lowest BCUT2D eigenvalue weighted by molar-refractivity contribution is 0.0520. The van der Waals surface area contributed by atoms with Crippen molar-refractivity contribution in [1.29, 1.82) is 0 Å². The van der Waals surface area contributed by atoms with Gasteiger partial charge < -0.3 is 14.4 Å². The lowest BCUT2D eigenvalue weighted by Gasteiger charge is -2.30. The van der Waals surface area contributed by atoms with Gasteiger partial charge in [-0.1, -0.05) is 19.1 Å². The second kappa shape index (κ2) is 9.50. The normalized spacial score (nSPS) is 17.6. The second-order valence-electron chi connectivity index (χ2n) is 6.99. The van der Waals surface area contributed by atoms with Crippen LogP contribution in [0.15, 0.2) is 24.3 Å². The largest absolute Gasteiger partial charge is 0.493 e. The molecule has 1 N–H and O–H groups in total. The van der Waals surface area contributed by atoms with Gasteiger partial charge in [0.2, 0.25) is 0 Å². The Labute approximate surface area is 160 Å². The predicted molar refractivity (Wildman–Crippen MR) is 103 cm³/mol. The number of carbonyl (C=O) groups is 1. The molecule has 1 saturated heterocycles. The Hall–Kier alpha value is -2.41. The van der Waals surface area contributed by atoms with E-state index in [1.807, 2.05) is 24.3 Å². The van der Waals surface area contributed by atoms with Gasteiger partial charge in [0.05, 0.1) is 13.2 Å². The highest BCUT2D eigenvalue weighted by atomic mass is 16.5. The topological polar surface area (TPSA) is 80.3 Å². The van der Waals surface area contributed by atoms with Gasteiger partial charge in [-0.2, -0.15) is 10.3 Å². The molecule has 27 heavy (non-hydrogen) atoms. The van der Waals surface area contributed by atoms with E-state index >= 15 is 0 Å². The fourth-order valence-electron chi connectivity index (χ4n) is 3.51. The molecule has 7 heteroatoms. The van der Waals surface area contributed by atoms with E-state index in [4.69, 9.17) is 9.47 Å². The summed E-state index contributed by atoms with van der Waals surface area (Å²) in [6.07, 6.45) is 3.58. The summed E-state index contributed by atoms with van der Waals surface area (Å²) in [5.41, 5.74) is 1.37. The van der Waals surface area contributed by atoms with Crippen molar-refractivity contribution in [3.8, 4) is 17.0 Å². The van der Waals surface area contributed by atoms with Gasteiger partial charge in [0.25, 0.3) is 0 Å². The summed E-state index contributed by atoms with van der Waals surface area (Å²) in [5, 5.41) is 10.6. The molecule has 7 nitrogen and oxygen atoms in total. The molecule has 0 bridgehead atoms. The van der Waals surface area contributed by atoms with E-state index in [0.29, 0.717) is 24.7 Å². The zero-order chi connectivity index (χ0) is 19.1. The monoisotopic (exact) mass is 372 g/mol. The third-order valence-corrected chi connectivity index (χ3v) is 4.78. The number of para-hydroxylation sites is 1. The van der Waals surface area contributed by atoms with E-state index in [2.05, 4.69) is 27.2 Å². The lowest BCUT2D eigenvalue weighted by atomic mass is 10.0. The highest BCUT2D eigenvalue weighted by Crippen LogP contribution is 2.30. The third kappa shape index (κ3) is 5.07. The van der Waals surface area contributed by atoms with Crippen LogP contribution in [0.3, 0.4) is 0 Å². The number of piperidine rings is 1. The van der Waals surface area contributed by atoms with Crippen LogP contribution in [-0.2, 0) is 4.74 Å². The molecule has 1 aliphatic rings. The van der Waals surface area contributed by atoms with Crippen LogP contribution < -0.4 is 4.74 Å². The van der Waals surface area contributed by atoms with Gasteiger partial charge in [0.15, 0.2) is 5.69 Å². The van der Waals surface area contributed by atoms with Gasteiger partial charge >= 0.3 is 5.97 Å². The smallest absolute Gasteiger partial charge is 0.361 e. The zero-order valence-electron chi connectivity index (χ0n) is 16.1. The van der Waals surface area contributed by atoms with E-state index in [1.54, 1.807) is 6.92 Å².